The van der Waals surface area contributed by atoms with Gasteiger partial charge in [-0.25, -0.2) is 9.59 Å². The summed E-state index contributed by atoms with van der Waals surface area (Å²) in [5.74, 6) is -6.97. The first-order chi connectivity index (χ1) is 32.5. The Morgan fingerprint density at radius 3 is 2.13 bits per heavy atom. The minimum absolute atomic E-state index is 0.00244. The van der Waals surface area contributed by atoms with Crippen LogP contribution < -0.4 is 37.1 Å². The van der Waals surface area contributed by atoms with Crippen molar-refractivity contribution in [3.8, 4) is 5.75 Å². The molecular weight excluding hydrogens is 895 g/mol. The van der Waals surface area contributed by atoms with E-state index in [1.165, 1.54) is 30.9 Å². The highest BCUT2D eigenvalue weighted by atomic mass is 16.5. The monoisotopic (exact) mass is 970 g/mol. The molecule has 3 fully saturated rings. The lowest BCUT2D eigenvalue weighted by Gasteiger charge is -2.43. The lowest BCUT2D eigenvalue weighted by molar-refractivity contribution is -0.166. The summed E-state index contributed by atoms with van der Waals surface area (Å²) in [6.45, 7) is 13.7. The number of amides is 9. The van der Waals surface area contributed by atoms with Crippen molar-refractivity contribution in [3.63, 3.8) is 0 Å². The number of ether oxygens (including phenoxy) is 2. The maximum absolute atomic E-state index is 14.9. The molecule has 384 valence electrons. The second-order valence-corrected chi connectivity index (χ2v) is 19.6. The molecule has 2 bridgehead atoms. The lowest BCUT2D eigenvalue weighted by atomic mass is 9.94. The number of esters is 1. The van der Waals surface area contributed by atoms with Crippen LogP contribution in [0.3, 0.4) is 0 Å². The van der Waals surface area contributed by atoms with Gasteiger partial charge < -0.3 is 61.6 Å². The van der Waals surface area contributed by atoms with Gasteiger partial charge in [-0.3, -0.25) is 33.6 Å². The second-order valence-electron chi connectivity index (χ2n) is 19.6. The number of piperidine rings is 1. The number of aliphatic hydroxyl groups excluding tert-OH is 1. The lowest BCUT2D eigenvalue weighted by Crippen LogP contribution is -2.65. The molecule has 0 aliphatic carbocycles. The van der Waals surface area contributed by atoms with Gasteiger partial charge in [0.05, 0.1) is 7.11 Å². The molecule has 3 heterocycles. The van der Waals surface area contributed by atoms with Crippen LogP contribution in [0.25, 0.3) is 0 Å². The van der Waals surface area contributed by atoms with Gasteiger partial charge in [0.15, 0.2) is 0 Å². The molecular formula is C48H75N9O12. The number of benzene rings is 1. The van der Waals surface area contributed by atoms with Gasteiger partial charge in [-0.1, -0.05) is 67.0 Å². The molecule has 1 aromatic carbocycles. The number of nitrogens with zero attached hydrogens (tertiary/aromatic N) is 3. The SMILES string of the molecule is CC[C@H](C)[C@@H]1NC(=O)[C@H](Cc2ccc(OC)cc2)N(C)C(=O)[C@H](CC(C)C)N2C(=O)[C@H](CC[C@H]2O)NC(=O)[C@H](CC(C)C)NC(=O)C2[C@H](OC1=O)[C@H](C)CN2C(=O)[C@H](CCCNC(N)=O)NC(C)=O. The smallest absolute Gasteiger partial charge is 0.329 e. The zero-order valence-electron chi connectivity index (χ0n) is 41.7. The average molecular weight is 970 g/mol. The van der Waals surface area contributed by atoms with Crippen molar-refractivity contribution in [2.24, 2.45) is 29.4 Å². The van der Waals surface area contributed by atoms with Gasteiger partial charge in [0.25, 0.3) is 0 Å². The molecule has 8 N–H and O–H groups in total. The van der Waals surface area contributed by atoms with Crippen molar-refractivity contribution in [3.05, 3.63) is 29.8 Å². The van der Waals surface area contributed by atoms with E-state index in [0.29, 0.717) is 17.7 Å². The topological polar surface area (TPSA) is 288 Å². The summed E-state index contributed by atoms with van der Waals surface area (Å²) in [5, 5.41) is 25.0. The van der Waals surface area contributed by atoms with Crippen LogP contribution in [0, 0.1) is 23.7 Å². The number of aliphatic hydroxyl groups is 1. The van der Waals surface area contributed by atoms with Gasteiger partial charge in [0.1, 0.15) is 60.4 Å². The molecule has 21 heteroatoms. The molecule has 0 saturated carbocycles. The van der Waals surface area contributed by atoms with Gasteiger partial charge in [0.2, 0.25) is 41.4 Å². The van der Waals surface area contributed by atoms with Crippen molar-refractivity contribution in [2.75, 3.05) is 27.2 Å². The van der Waals surface area contributed by atoms with Crippen LogP contribution in [0.2, 0.25) is 0 Å². The Labute approximate surface area is 405 Å². The molecule has 1 aromatic rings. The summed E-state index contributed by atoms with van der Waals surface area (Å²) in [6, 6.07) is -3.07. The number of primary amides is 1. The Balaban J connectivity index is 1.90. The Hall–Kier alpha value is -5.99. The predicted octanol–water partition coefficient (Wildman–Crippen LogP) is 0.692. The van der Waals surface area contributed by atoms with Gasteiger partial charge in [-0.15, -0.1) is 0 Å². The number of urea groups is 1. The molecule has 1 unspecified atom stereocenters. The molecule has 69 heavy (non-hydrogen) atoms. The second kappa shape index (κ2) is 25.0. The van der Waals surface area contributed by atoms with E-state index in [1.807, 2.05) is 34.6 Å². The fraction of sp³-hybridized carbons (Fsp3) is 0.688. The van der Waals surface area contributed by atoms with E-state index < -0.39 is 120 Å². The molecule has 3 aliphatic heterocycles. The summed E-state index contributed by atoms with van der Waals surface area (Å²) in [6.07, 6.45) is -2.06. The van der Waals surface area contributed by atoms with E-state index >= 15 is 0 Å². The van der Waals surface area contributed by atoms with E-state index in [9.17, 15) is 48.3 Å². The number of hydrogen-bond acceptors (Lipinski definition) is 12. The Kier molecular flexibility index (Phi) is 20.2. The van der Waals surface area contributed by atoms with Gasteiger partial charge in [-0.2, -0.15) is 0 Å². The molecule has 3 aliphatic rings. The van der Waals surface area contributed by atoms with Crippen LogP contribution >= 0.6 is 0 Å². The third kappa shape index (κ3) is 14.5. The summed E-state index contributed by atoms with van der Waals surface area (Å²) in [4.78, 5) is 130. The molecule has 0 spiro atoms. The van der Waals surface area contributed by atoms with E-state index in [1.54, 1.807) is 38.1 Å². The maximum Gasteiger partial charge on any atom is 0.329 e. The number of hydrogen-bond donors (Lipinski definition) is 7. The zero-order valence-corrected chi connectivity index (χ0v) is 41.7. The Morgan fingerprint density at radius 2 is 1.55 bits per heavy atom. The van der Waals surface area contributed by atoms with Crippen molar-refractivity contribution in [1.82, 2.24) is 41.3 Å². The quantitative estimate of drug-likeness (QED) is 0.0945. The summed E-state index contributed by atoms with van der Waals surface area (Å²) >= 11 is 0. The van der Waals surface area contributed by atoms with E-state index in [2.05, 4.69) is 26.6 Å². The molecule has 3 saturated heterocycles. The maximum atomic E-state index is 14.9. The highest BCUT2D eigenvalue weighted by Crippen LogP contribution is 2.31. The highest BCUT2D eigenvalue weighted by Gasteiger charge is 2.52. The minimum Gasteiger partial charge on any atom is -0.497 e. The number of fused-ring (bicyclic) bond motifs is 3. The van der Waals surface area contributed by atoms with Crippen LogP contribution in [0.4, 0.5) is 4.79 Å². The van der Waals surface area contributed by atoms with Crippen LogP contribution in [-0.4, -0.2) is 155 Å². The normalized spacial score (nSPS) is 27.2. The zero-order chi connectivity index (χ0) is 51.4. The van der Waals surface area contributed by atoms with Crippen molar-refractivity contribution >= 4 is 53.4 Å². The Bertz CT molecular complexity index is 2020. The van der Waals surface area contributed by atoms with Crippen LogP contribution in [-0.2, 0) is 49.5 Å². The number of nitrogens with two attached hydrogens (primary N) is 1. The first-order valence-electron chi connectivity index (χ1n) is 24.1. The molecule has 9 amide bonds. The van der Waals surface area contributed by atoms with E-state index in [-0.39, 0.29) is 69.9 Å². The molecule has 0 aromatic heterocycles. The van der Waals surface area contributed by atoms with Crippen LogP contribution in [0.5, 0.6) is 5.75 Å². The van der Waals surface area contributed by atoms with E-state index in [0.717, 1.165) is 4.90 Å². The molecule has 11 atom stereocenters. The third-order valence-electron chi connectivity index (χ3n) is 13.2. The van der Waals surface area contributed by atoms with Crippen molar-refractivity contribution in [1.29, 1.82) is 0 Å². The molecule has 0 radical (unpaired) electrons. The predicted molar refractivity (Wildman–Crippen MR) is 252 cm³/mol. The van der Waals surface area contributed by atoms with Crippen molar-refractivity contribution in [2.45, 2.75) is 161 Å². The molecule has 21 nitrogen and oxygen atoms in total. The van der Waals surface area contributed by atoms with Crippen LogP contribution in [0.15, 0.2) is 24.3 Å². The summed E-state index contributed by atoms with van der Waals surface area (Å²) in [7, 11) is 2.94. The fourth-order valence-corrected chi connectivity index (χ4v) is 9.25. The number of methoxy groups -OCH3 is 1. The van der Waals surface area contributed by atoms with Gasteiger partial charge in [-0.05, 0) is 74.0 Å². The summed E-state index contributed by atoms with van der Waals surface area (Å²) < 4.78 is 11.6. The molecule has 4 rings (SSSR count). The highest BCUT2D eigenvalue weighted by molar-refractivity contribution is 5.98. The first-order valence-corrected chi connectivity index (χ1v) is 24.1. The number of rotatable bonds is 15. The fourth-order valence-electron chi connectivity index (χ4n) is 9.25. The number of nitrogens with one attached hydrogen (secondary N) is 5. The summed E-state index contributed by atoms with van der Waals surface area (Å²) in [5.41, 5.74) is 5.85. The van der Waals surface area contributed by atoms with Gasteiger partial charge in [0, 0.05) is 39.4 Å². The van der Waals surface area contributed by atoms with Gasteiger partial charge >= 0.3 is 12.0 Å². The first kappa shape index (κ1) is 55.6. The van der Waals surface area contributed by atoms with E-state index in [4.69, 9.17) is 15.2 Å². The standard InChI is InChI=1S/C48H75N9O12/c1-11-27(6)38-47(66)69-40-28(7)24-56(44(63)32(51-29(8)58)13-12-20-50-48(49)67)39(40)43(62)53-34(21-25(2)3)41(60)52-33-18-19-37(59)57(45(33)64)36(22-26(4)5)46(65)55(9)35(42(61)54-38)23-30-14-16-31(68-10)17-15-30/h14-17,25-28,32-40,59H,11-13,18-24H2,1-10H3,(H,51,58)(H,52,60)(H,53,62)(H,54,61)(H3,49,50,67)/t27-,28+,32-,33-,34-,35-,36-,37+,38-,39?,40+/m0/s1. The Morgan fingerprint density at radius 1 is 0.899 bits per heavy atom. The number of likely N-dealkylation sites (N-methyl/N-ethyl adjacent to an activating group) is 1. The third-order valence-corrected chi connectivity index (χ3v) is 13.2. The van der Waals surface area contributed by atoms with Crippen molar-refractivity contribution < 1.29 is 57.7 Å². The number of carbonyl (C=O) groups excluding carboxylic acids is 9. The largest absolute Gasteiger partial charge is 0.497 e. The average Bonchev–Trinajstić information content (AvgIpc) is 3.61. The van der Waals surface area contributed by atoms with Crippen LogP contribution in [0.1, 0.15) is 106 Å². The minimum atomic E-state index is -1.56. The number of likely N-dealkylation sites (tertiary alicyclic amines) is 1. The number of carbonyl (C=O) groups is 9.